The minimum Gasteiger partial charge on any atom is -0.469 e. The first-order valence-corrected chi connectivity index (χ1v) is 8.71. The molecule has 0 saturated carbocycles. The number of thiazole rings is 1. The molecule has 0 radical (unpaired) electrons. The number of aromatic nitrogens is 1. The Balaban J connectivity index is 1.68. The fourth-order valence-corrected chi connectivity index (χ4v) is 3.46. The molecule has 1 aromatic heterocycles. The average molecular weight is 354 g/mol. The number of hydrogen-bond donors (Lipinski definition) is 1. The zero-order chi connectivity index (χ0) is 17.8. The number of esters is 1. The van der Waals surface area contributed by atoms with Crippen molar-refractivity contribution in [1.29, 1.82) is 0 Å². The molecule has 0 aliphatic carbocycles. The highest BCUT2D eigenvalue weighted by Crippen LogP contribution is 2.31. The van der Waals surface area contributed by atoms with Crippen LogP contribution in [-0.4, -0.2) is 24.0 Å². The Morgan fingerprint density at radius 1 is 1.12 bits per heavy atom. The molecule has 0 aliphatic rings. The lowest BCUT2D eigenvalue weighted by Gasteiger charge is -2.05. The minimum absolute atomic E-state index is 0.0749. The molecular weight excluding hydrogens is 336 g/mol. The lowest BCUT2D eigenvalue weighted by molar-refractivity contribution is -0.141. The molecule has 3 rings (SSSR count). The molecule has 128 valence electrons. The maximum Gasteiger partial charge on any atom is 0.306 e. The standard InChI is InChI=1S/C19H18N2O3S/c1-12-3-8-15-16(11-12)25-19(21-15)13-4-6-14(7-5-13)20-17(22)9-10-18(23)24-2/h3-8,11H,9-10H2,1-2H3,(H,20,22). The van der Waals surface area contributed by atoms with Gasteiger partial charge in [0.15, 0.2) is 0 Å². The Hall–Kier alpha value is -2.73. The molecular formula is C19H18N2O3S. The SMILES string of the molecule is COC(=O)CCC(=O)Nc1ccc(-c2nc3ccc(C)cc3s2)cc1. The predicted octanol–water partition coefficient (Wildman–Crippen LogP) is 4.16. The maximum atomic E-state index is 11.8. The number of amides is 1. The summed E-state index contributed by atoms with van der Waals surface area (Å²) in [6.45, 7) is 2.07. The molecule has 0 fully saturated rings. The van der Waals surface area contributed by atoms with Gasteiger partial charge in [-0.25, -0.2) is 4.98 Å². The van der Waals surface area contributed by atoms with Crippen LogP contribution in [0.5, 0.6) is 0 Å². The normalized spacial score (nSPS) is 10.6. The number of fused-ring (bicyclic) bond motifs is 1. The molecule has 2 aromatic carbocycles. The molecule has 0 saturated heterocycles. The van der Waals surface area contributed by atoms with Gasteiger partial charge in [-0.3, -0.25) is 9.59 Å². The highest BCUT2D eigenvalue weighted by atomic mass is 32.1. The van der Waals surface area contributed by atoms with Gasteiger partial charge in [0.05, 0.1) is 23.7 Å². The Morgan fingerprint density at radius 2 is 1.88 bits per heavy atom. The number of aryl methyl sites for hydroxylation is 1. The van der Waals surface area contributed by atoms with Crippen LogP contribution in [0.2, 0.25) is 0 Å². The maximum absolute atomic E-state index is 11.8. The first-order valence-electron chi connectivity index (χ1n) is 7.89. The van der Waals surface area contributed by atoms with Gasteiger partial charge in [0.1, 0.15) is 5.01 Å². The zero-order valence-electron chi connectivity index (χ0n) is 14.0. The molecule has 1 heterocycles. The van der Waals surface area contributed by atoms with Crippen molar-refractivity contribution in [3.8, 4) is 10.6 Å². The molecule has 0 bridgehead atoms. The summed E-state index contributed by atoms with van der Waals surface area (Å²) in [6.07, 6.45) is 0.178. The third-order valence-electron chi connectivity index (χ3n) is 3.74. The van der Waals surface area contributed by atoms with E-state index in [4.69, 9.17) is 0 Å². The van der Waals surface area contributed by atoms with Crippen LogP contribution in [-0.2, 0) is 14.3 Å². The minimum atomic E-state index is -0.392. The van der Waals surface area contributed by atoms with Crippen molar-refractivity contribution in [2.45, 2.75) is 19.8 Å². The second-order valence-corrected chi connectivity index (χ2v) is 6.72. The number of nitrogens with zero attached hydrogens (tertiary/aromatic N) is 1. The smallest absolute Gasteiger partial charge is 0.306 e. The quantitative estimate of drug-likeness (QED) is 0.699. The van der Waals surface area contributed by atoms with Gasteiger partial charge in [-0.1, -0.05) is 6.07 Å². The van der Waals surface area contributed by atoms with Crippen LogP contribution < -0.4 is 5.32 Å². The van der Waals surface area contributed by atoms with E-state index in [0.29, 0.717) is 5.69 Å². The van der Waals surface area contributed by atoms with E-state index in [-0.39, 0.29) is 18.7 Å². The van der Waals surface area contributed by atoms with Crippen molar-refractivity contribution in [3.05, 3.63) is 48.0 Å². The van der Waals surface area contributed by atoms with Crippen molar-refractivity contribution in [1.82, 2.24) is 4.98 Å². The van der Waals surface area contributed by atoms with E-state index in [2.05, 4.69) is 34.1 Å². The summed E-state index contributed by atoms with van der Waals surface area (Å²) < 4.78 is 5.69. The molecule has 0 atom stereocenters. The van der Waals surface area contributed by atoms with Crippen molar-refractivity contribution in [2.75, 3.05) is 12.4 Å². The average Bonchev–Trinajstić information content (AvgIpc) is 3.03. The molecule has 0 spiro atoms. The summed E-state index contributed by atoms with van der Waals surface area (Å²) >= 11 is 1.65. The van der Waals surface area contributed by atoms with Crippen molar-refractivity contribution in [3.63, 3.8) is 0 Å². The summed E-state index contributed by atoms with van der Waals surface area (Å²) in [7, 11) is 1.31. The van der Waals surface area contributed by atoms with Gasteiger partial charge in [0, 0.05) is 17.7 Å². The summed E-state index contributed by atoms with van der Waals surface area (Å²) in [5.74, 6) is -0.606. The van der Waals surface area contributed by atoms with Gasteiger partial charge in [-0.15, -0.1) is 11.3 Å². The molecule has 1 amide bonds. The van der Waals surface area contributed by atoms with Gasteiger partial charge in [0.25, 0.3) is 0 Å². The van der Waals surface area contributed by atoms with Gasteiger partial charge < -0.3 is 10.1 Å². The monoisotopic (exact) mass is 354 g/mol. The van der Waals surface area contributed by atoms with Crippen LogP contribution in [0.1, 0.15) is 18.4 Å². The van der Waals surface area contributed by atoms with Crippen LogP contribution in [0.4, 0.5) is 5.69 Å². The number of anilines is 1. The van der Waals surface area contributed by atoms with E-state index in [0.717, 1.165) is 20.8 Å². The fraction of sp³-hybridized carbons (Fsp3) is 0.211. The van der Waals surface area contributed by atoms with Crippen molar-refractivity contribution >= 4 is 39.1 Å². The van der Waals surface area contributed by atoms with Crippen molar-refractivity contribution in [2.24, 2.45) is 0 Å². The third-order valence-corrected chi connectivity index (χ3v) is 4.81. The number of methoxy groups -OCH3 is 1. The lowest BCUT2D eigenvalue weighted by atomic mass is 10.2. The van der Waals surface area contributed by atoms with Gasteiger partial charge in [-0.2, -0.15) is 0 Å². The van der Waals surface area contributed by atoms with Crippen LogP contribution in [0.15, 0.2) is 42.5 Å². The van der Waals surface area contributed by atoms with E-state index in [1.54, 1.807) is 11.3 Å². The molecule has 3 aromatic rings. The Morgan fingerprint density at radius 3 is 2.60 bits per heavy atom. The Bertz CT molecular complexity index is 916. The van der Waals surface area contributed by atoms with E-state index in [1.165, 1.54) is 12.7 Å². The van der Waals surface area contributed by atoms with E-state index in [1.807, 2.05) is 30.3 Å². The summed E-state index contributed by atoms with van der Waals surface area (Å²) in [6, 6.07) is 13.7. The predicted molar refractivity (Wildman–Crippen MR) is 99.7 cm³/mol. The number of rotatable bonds is 5. The van der Waals surface area contributed by atoms with Gasteiger partial charge in [-0.05, 0) is 48.9 Å². The summed E-state index contributed by atoms with van der Waals surface area (Å²) in [5.41, 5.74) is 3.90. The first kappa shape index (κ1) is 17.1. The number of nitrogens with one attached hydrogen (secondary N) is 1. The van der Waals surface area contributed by atoms with E-state index < -0.39 is 5.97 Å². The van der Waals surface area contributed by atoms with Crippen LogP contribution in [0, 0.1) is 6.92 Å². The highest BCUT2D eigenvalue weighted by Gasteiger charge is 2.09. The molecule has 0 unspecified atom stereocenters. The summed E-state index contributed by atoms with van der Waals surface area (Å²) in [5, 5.41) is 3.72. The molecule has 25 heavy (non-hydrogen) atoms. The zero-order valence-corrected chi connectivity index (χ0v) is 14.9. The molecule has 1 N–H and O–H groups in total. The van der Waals surface area contributed by atoms with E-state index in [9.17, 15) is 9.59 Å². The Kier molecular flexibility index (Phi) is 5.09. The van der Waals surface area contributed by atoms with Crippen molar-refractivity contribution < 1.29 is 14.3 Å². The second kappa shape index (κ2) is 7.44. The number of carbonyl (C=O) groups excluding carboxylic acids is 2. The van der Waals surface area contributed by atoms with Crippen LogP contribution >= 0.6 is 11.3 Å². The van der Waals surface area contributed by atoms with Crippen LogP contribution in [0.25, 0.3) is 20.8 Å². The van der Waals surface area contributed by atoms with Crippen LogP contribution in [0.3, 0.4) is 0 Å². The number of carbonyl (C=O) groups is 2. The molecule has 6 heteroatoms. The Labute approximate surface area is 149 Å². The number of hydrogen-bond acceptors (Lipinski definition) is 5. The number of ether oxygens (including phenoxy) is 1. The first-order chi connectivity index (χ1) is 12.0. The molecule has 5 nitrogen and oxygen atoms in total. The third kappa shape index (κ3) is 4.22. The molecule has 0 aliphatic heterocycles. The summed E-state index contributed by atoms with van der Waals surface area (Å²) in [4.78, 5) is 27.5. The topological polar surface area (TPSA) is 68.3 Å². The second-order valence-electron chi connectivity index (χ2n) is 5.69. The van der Waals surface area contributed by atoms with Gasteiger partial charge >= 0.3 is 5.97 Å². The van der Waals surface area contributed by atoms with Gasteiger partial charge in [0.2, 0.25) is 5.91 Å². The fourth-order valence-electron chi connectivity index (χ4n) is 2.39. The number of benzene rings is 2. The largest absolute Gasteiger partial charge is 0.469 e. The van der Waals surface area contributed by atoms with E-state index >= 15 is 0 Å². The highest BCUT2D eigenvalue weighted by molar-refractivity contribution is 7.21. The lowest BCUT2D eigenvalue weighted by Crippen LogP contribution is -2.13.